The molecule has 0 bridgehead atoms. The number of ether oxygens (including phenoxy) is 1. The van der Waals surface area contributed by atoms with Crippen molar-refractivity contribution in [2.75, 3.05) is 19.8 Å². The van der Waals surface area contributed by atoms with Crippen LogP contribution in [0, 0.1) is 0 Å². The Hall–Kier alpha value is -3.17. The summed E-state index contributed by atoms with van der Waals surface area (Å²) in [4.78, 5) is 24.8. The molecule has 0 spiro atoms. The van der Waals surface area contributed by atoms with Crippen LogP contribution in [0.3, 0.4) is 0 Å². The van der Waals surface area contributed by atoms with Gasteiger partial charge in [-0.3, -0.25) is 9.59 Å². The maximum absolute atomic E-state index is 13.2. The number of amides is 2. The summed E-state index contributed by atoms with van der Waals surface area (Å²) in [6.07, 6.45) is 1.49. The molecule has 1 fully saturated rings. The zero-order valence-corrected chi connectivity index (χ0v) is 19.9. The molecular formula is C25H29N3O5S. The first kappa shape index (κ1) is 24.0. The van der Waals surface area contributed by atoms with E-state index in [1.54, 1.807) is 12.1 Å². The van der Waals surface area contributed by atoms with Crippen molar-refractivity contribution in [1.82, 2.24) is 9.88 Å². The number of nitrogens with one attached hydrogen (secondary N) is 1. The molecule has 2 aromatic carbocycles. The molecule has 2 heterocycles. The van der Waals surface area contributed by atoms with Crippen LogP contribution in [0.4, 0.5) is 0 Å². The molecule has 0 saturated carbocycles. The summed E-state index contributed by atoms with van der Waals surface area (Å²) in [5.41, 5.74) is 8.07. The van der Waals surface area contributed by atoms with Crippen LogP contribution in [0.15, 0.2) is 59.5 Å². The summed E-state index contributed by atoms with van der Waals surface area (Å²) in [5, 5.41) is 3.97. The van der Waals surface area contributed by atoms with E-state index in [1.807, 2.05) is 41.9 Å². The number of carbonyl (C=O) groups excluding carboxylic acids is 2. The number of primary amides is 1. The fourth-order valence-corrected chi connectivity index (χ4v) is 6.42. The molecule has 3 N–H and O–H groups in total. The van der Waals surface area contributed by atoms with Crippen LogP contribution >= 0.6 is 0 Å². The molecule has 0 unspecified atom stereocenters. The lowest BCUT2D eigenvalue weighted by Gasteiger charge is -2.33. The van der Waals surface area contributed by atoms with Crippen molar-refractivity contribution in [3.8, 4) is 0 Å². The van der Waals surface area contributed by atoms with Gasteiger partial charge in [0.25, 0.3) is 5.91 Å². The number of hydrogen-bond acceptors (Lipinski definition) is 5. The maximum Gasteiger partial charge on any atom is 0.267 e. The van der Waals surface area contributed by atoms with Crippen molar-refractivity contribution in [1.29, 1.82) is 0 Å². The Kier molecular flexibility index (Phi) is 6.77. The van der Waals surface area contributed by atoms with Crippen molar-refractivity contribution >= 4 is 32.6 Å². The molecule has 1 aromatic heterocycles. The molecular weight excluding hydrogens is 454 g/mol. The summed E-state index contributed by atoms with van der Waals surface area (Å²) >= 11 is 0. The first-order chi connectivity index (χ1) is 16.3. The van der Waals surface area contributed by atoms with Gasteiger partial charge in [-0.2, -0.15) is 0 Å². The second-order valence-electron chi connectivity index (χ2n) is 8.63. The summed E-state index contributed by atoms with van der Waals surface area (Å²) in [7, 11) is -2.07. The van der Waals surface area contributed by atoms with Crippen LogP contribution in [0.1, 0.15) is 35.3 Å². The monoisotopic (exact) mass is 483 g/mol. The van der Waals surface area contributed by atoms with Gasteiger partial charge in [0.15, 0.2) is 14.6 Å². The lowest BCUT2D eigenvalue weighted by molar-refractivity contribution is -0.122. The van der Waals surface area contributed by atoms with E-state index in [4.69, 9.17) is 10.5 Å². The smallest absolute Gasteiger partial charge is 0.267 e. The van der Waals surface area contributed by atoms with E-state index in [1.165, 1.54) is 12.1 Å². The van der Waals surface area contributed by atoms with E-state index in [-0.39, 0.29) is 36.9 Å². The molecule has 3 aromatic rings. The predicted molar refractivity (Wildman–Crippen MR) is 129 cm³/mol. The van der Waals surface area contributed by atoms with Gasteiger partial charge in [-0.05, 0) is 55.5 Å². The number of aromatic nitrogens is 1. The number of para-hydroxylation sites is 1. The van der Waals surface area contributed by atoms with Crippen molar-refractivity contribution in [2.24, 2.45) is 12.8 Å². The second-order valence-corrected chi connectivity index (χ2v) is 10.9. The zero-order chi connectivity index (χ0) is 24.3. The Morgan fingerprint density at radius 2 is 1.76 bits per heavy atom. The Labute approximate surface area is 199 Å². The van der Waals surface area contributed by atoms with Gasteiger partial charge in [-0.15, -0.1) is 0 Å². The van der Waals surface area contributed by atoms with Gasteiger partial charge in [-0.1, -0.05) is 30.3 Å². The number of rotatable bonds is 8. The third-order valence-corrected chi connectivity index (χ3v) is 9.14. The number of fused-ring (bicyclic) bond motifs is 1. The van der Waals surface area contributed by atoms with Crippen molar-refractivity contribution in [3.05, 3.63) is 65.9 Å². The van der Waals surface area contributed by atoms with E-state index in [0.717, 1.165) is 16.5 Å². The lowest BCUT2D eigenvalue weighted by atomic mass is 9.98. The third-order valence-electron chi connectivity index (χ3n) is 6.61. The molecule has 4 rings (SSSR count). The minimum absolute atomic E-state index is 0.0584. The highest BCUT2D eigenvalue weighted by atomic mass is 32.2. The van der Waals surface area contributed by atoms with E-state index < -0.39 is 20.5 Å². The summed E-state index contributed by atoms with van der Waals surface area (Å²) in [5.74, 6) is -0.963. The minimum atomic E-state index is -3.94. The van der Waals surface area contributed by atoms with E-state index in [0.29, 0.717) is 25.1 Å². The number of hydrogen-bond donors (Lipinski definition) is 2. The number of aryl methyl sites for hydroxylation is 2. The molecule has 0 atom stereocenters. The second kappa shape index (κ2) is 9.60. The number of nitrogens with two attached hydrogens (primary N) is 1. The quantitative estimate of drug-likeness (QED) is 0.477. The normalized spacial score (nSPS) is 15.8. The van der Waals surface area contributed by atoms with Crippen molar-refractivity contribution in [3.63, 3.8) is 0 Å². The molecule has 1 saturated heterocycles. The third kappa shape index (κ3) is 4.33. The van der Waals surface area contributed by atoms with Crippen LogP contribution in [0.25, 0.3) is 10.9 Å². The van der Waals surface area contributed by atoms with Gasteiger partial charge in [0.2, 0.25) is 5.91 Å². The van der Waals surface area contributed by atoms with Crippen molar-refractivity contribution in [2.45, 2.75) is 35.3 Å². The number of nitrogens with zero attached hydrogens (tertiary/aromatic N) is 1. The molecule has 8 nitrogen and oxygen atoms in total. The maximum atomic E-state index is 13.2. The molecule has 1 aliphatic rings. The fourth-order valence-electron chi connectivity index (χ4n) is 4.50. The molecule has 9 heteroatoms. The Morgan fingerprint density at radius 3 is 2.41 bits per heavy atom. The summed E-state index contributed by atoms with van der Waals surface area (Å²) in [6.45, 7) is 0.862. The SMILES string of the molecule is Cn1c(C(=O)NCCCc2ccc(S(=O)(=O)C3(C(N)=O)CCOCC3)cc2)cc2ccccc21. The van der Waals surface area contributed by atoms with Gasteiger partial charge in [0, 0.05) is 37.7 Å². The van der Waals surface area contributed by atoms with Gasteiger partial charge >= 0.3 is 0 Å². The number of benzene rings is 2. The Balaban J connectivity index is 1.35. The summed E-state index contributed by atoms with van der Waals surface area (Å²) < 4.78 is 31.9. The topological polar surface area (TPSA) is 120 Å². The van der Waals surface area contributed by atoms with Crippen LogP contribution in [0.5, 0.6) is 0 Å². The first-order valence-electron chi connectivity index (χ1n) is 11.3. The predicted octanol–water partition coefficient (Wildman–Crippen LogP) is 2.35. The molecule has 1 aliphatic heterocycles. The molecule has 0 radical (unpaired) electrons. The highest BCUT2D eigenvalue weighted by Crippen LogP contribution is 2.35. The molecule has 0 aliphatic carbocycles. The average Bonchev–Trinajstić information content (AvgIpc) is 3.19. The van der Waals surface area contributed by atoms with Crippen LogP contribution in [0.2, 0.25) is 0 Å². The van der Waals surface area contributed by atoms with E-state index in [9.17, 15) is 18.0 Å². The minimum Gasteiger partial charge on any atom is -0.381 e. The van der Waals surface area contributed by atoms with Gasteiger partial charge in [-0.25, -0.2) is 8.42 Å². The average molecular weight is 484 g/mol. The molecule has 2 amide bonds. The highest BCUT2D eigenvalue weighted by molar-refractivity contribution is 7.93. The number of carbonyl (C=O) groups is 2. The molecule has 34 heavy (non-hydrogen) atoms. The van der Waals surface area contributed by atoms with Crippen molar-refractivity contribution < 1.29 is 22.7 Å². The van der Waals surface area contributed by atoms with Crippen LogP contribution < -0.4 is 11.1 Å². The lowest BCUT2D eigenvalue weighted by Crippen LogP contribution is -2.53. The Bertz CT molecular complexity index is 1310. The molecule has 180 valence electrons. The highest BCUT2D eigenvalue weighted by Gasteiger charge is 2.51. The summed E-state index contributed by atoms with van der Waals surface area (Å²) in [6, 6.07) is 16.3. The largest absolute Gasteiger partial charge is 0.381 e. The van der Waals surface area contributed by atoms with Gasteiger partial charge in [0.1, 0.15) is 5.69 Å². The van der Waals surface area contributed by atoms with Crippen LogP contribution in [-0.4, -0.2) is 49.3 Å². The van der Waals surface area contributed by atoms with Crippen LogP contribution in [-0.2, 0) is 32.8 Å². The van der Waals surface area contributed by atoms with E-state index in [2.05, 4.69) is 5.32 Å². The standard InChI is InChI=1S/C25H29N3O5S/c1-28-21-7-3-2-6-19(21)17-22(28)23(29)27-14-4-5-18-8-10-20(11-9-18)34(31,32)25(24(26)30)12-15-33-16-13-25/h2-3,6-11,17H,4-5,12-16H2,1H3,(H2,26,30)(H,27,29). The fraction of sp³-hybridized carbons (Fsp3) is 0.360. The van der Waals surface area contributed by atoms with Gasteiger partial charge in [0.05, 0.1) is 4.90 Å². The van der Waals surface area contributed by atoms with E-state index >= 15 is 0 Å². The zero-order valence-electron chi connectivity index (χ0n) is 19.1. The number of sulfone groups is 1. The Morgan fingerprint density at radius 1 is 1.09 bits per heavy atom. The van der Waals surface area contributed by atoms with Gasteiger partial charge < -0.3 is 20.4 Å². The first-order valence-corrected chi connectivity index (χ1v) is 12.8.